The van der Waals surface area contributed by atoms with Crippen LogP contribution in [0.2, 0.25) is 0 Å². The first-order valence-electron chi connectivity index (χ1n) is 6.91. The molecule has 1 aromatic carbocycles. The second-order valence-electron chi connectivity index (χ2n) is 5.19. The lowest BCUT2D eigenvalue weighted by atomic mass is 10.1. The molecule has 1 aliphatic carbocycles. The zero-order valence-corrected chi connectivity index (χ0v) is 12.8. The lowest BCUT2D eigenvalue weighted by Crippen LogP contribution is -2.38. The summed E-state index contributed by atoms with van der Waals surface area (Å²) >= 11 is 1.83. The number of hydrogen-bond donors (Lipinski definition) is 2. The minimum Gasteiger partial charge on any atom is -0.385 e. The fraction of sp³-hybridized carbons (Fsp3) is 0.533. The van der Waals surface area contributed by atoms with Gasteiger partial charge in [-0.05, 0) is 31.2 Å². The second kappa shape index (κ2) is 6.48. The summed E-state index contributed by atoms with van der Waals surface area (Å²) in [7, 11) is 1.62. The predicted octanol–water partition coefficient (Wildman–Crippen LogP) is 3.27. The Balaban J connectivity index is 2.07. The summed E-state index contributed by atoms with van der Waals surface area (Å²) in [5.41, 5.74) is 0.622. The standard InChI is InChI=1S/C15H21FN2OS/c1-17-13-11(6-5-7-12(13)16)14(19)18-10-15(20-2)8-3-4-9-15/h5-7,17H,3-4,8-10H2,1-2H3,(H,18,19). The number of nitrogens with one attached hydrogen (secondary N) is 2. The average Bonchev–Trinajstić information content (AvgIpc) is 2.94. The van der Waals surface area contributed by atoms with Gasteiger partial charge in [0, 0.05) is 18.3 Å². The highest BCUT2D eigenvalue weighted by Crippen LogP contribution is 2.39. The number of carbonyl (C=O) groups excluding carboxylic acids is 1. The van der Waals surface area contributed by atoms with Gasteiger partial charge in [-0.25, -0.2) is 4.39 Å². The van der Waals surface area contributed by atoms with Gasteiger partial charge in [-0.15, -0.1) is 0 Å². The number of benzene rings is 1. The van der Waals surface area contributed by atoms with Crippen LogP contribution in [0.5, 0.6) is 0 Å². The molecule has 0 aromatic heterocycles. The zero-order valence-electron chi connectivity index (χ0n) is 12.0. The van der Waals surface area contributed by atoms with E-state index in [0.29, 0.717) is 12.1 Å². The summed E-state index contributed by atoms with van der Waals surface area (Å²) in [6.45, 7) is 0.646. The van der Waals surface area contributed by atoms with Gasteiger partial charge in [-0.1, -0.05) is 18.9 Å². The summed E-state index contributed by atoms with van der Waals surface area (Å²) in [5.74, 6) is -0.616. The molecule has 0 atom stereocenters. The number of para-hydroxylation sites is 1. The number of halogens is 1. The molecule has 0 unspecified atom stereocenters. The fourth-order valence-electron chi connectivity index (χ4n) is 2.78. The lowest BCUT2D eigenvalue weighted by molar-refractivity contribution is 0.0950. The fourth-order valence-corrected chi connectivity index (χ4v) is 3.69. The van der Waals surface area contributed by atoms with E-state index in [1.807, 2.05) is 11.8 Å². The van der Waals surface area contributed by atoms with E-state index in [1.54, 1.807) is 19.2 Å². The highest BCUT2D eigenvalue weighted by molar-refractivity contribution is 8.00. The summed E-state index contributed by atoms with van der Waals surface area (Å²) in [6, 6.07) is 4.55. The second-order valence-corrected chi connectivity index (χ2v) is 6.46. The smallest absolute Gasteiger partial charge is 0.253 e. The van der Waals surface area contributed by atoms with Crippen molar-refractivity contribution >= 4 is 23.4 Å². The molecule has 1 fully saturated rings. The van der Waals surface area contributed by atoms with E-state index in [0.717, 1.165) is 12.8 Å². The molecule has 110 valence electrons. The molecule has 1 aromatic rings. The van der Waals surface area contributed by atoms with E-state index in [9.17, 15) is 9.18 Å². The number of hydrogen-bond acceptors (Lipinski definition) is 3. The molecular weight excluding hydrogens is 275 g/mol. The Labute approximate surface area is 123 Å². The van der Waals surface area contributed by atoms with Crippen molar-refractivity contribution in [3.8, 4) is 0 Å². The summed E-state index contributed by atoms with van der Waals surface area (Å²) in [5, 5.41) is 5.72. The molecule has 2 rings (SSSR count). The normalized spacial score (nSPS) is 16.9. The Morgan fingerprint density at radius 2 is 2.10 bits per heavy atom. The topological polar surface area (TPSA) is 41.1 Å². The van der Waals surface area contributed by atoms with E-state index in [2.05, 4.69) is 16.9 Å². The van der Waals surface area contributed by atoms with Crippen molar-refractivity contribution in [2.45, 2.75) is 30.4 Å². The maximum absolute atomic E-state index is 13.6. The molecular formula is C15H21FN2OS. The Hall–Kier alpha value is -1.23. The van der Waals surface area contributed by atoms with Crippen molar-refractivity contribution in [1.82, 2.24) is 5.32 Å². The number of carbonyl (C=O) groups is 1. The van der Waals surface area contributed by atoms with Crippen LogP contribution in [0.4, 0.5) is 10.1 Å². The van der Waals surface area contributed by atoms with Crippen molar-refractivity contribution in [3.05, 3.63) is 29.6 Å². The monoisotopic (exact) mass is 296 g/mol. The van der Waals surface area contributed by atoms with Crippen molar-refractivity contribution in [1.29, 1.82) is 0 Å². The number of rotatable bonds is 5. The summed E-state index contributed by atoms with van der Waals surface area (Å²) in [6.07, 6.45) is 6.81. The van der Waals surface area contributed by atoms with Gasteiger partial charge in [0.2, 0.25) is 0 Å². The molecule has 0 heterocycles. The maximum Gasteiger partial charge on any atom is 0.253 e. The molecule has 5 heteroatoms. The van der Waals surface area contributed by atoms with Crippen molar-refractivity contribution in [3.63, 3.8) is 0 Å². The first-order chi connectivity index (χ1) is 9.62. The SMILES string of the molecule is CNc1c(F)cccc1C(=O)NCC1(SC)CCCC1. The molecule has 0 bridgehead atoms. The Morgan fingerprint density at radius 1 is 1.40 bits per heavy atom. The zero-order chi connectivity index (χ0) is 14.6. The highest BCUT2D eigenvalue weighted by atomic mass is 32.2. The predicted molar refractivity (Wildman–Crippen MR) is 83.0 cm³/mol. The molecule has 1 saturated carbocycles. The van der Waals surface area contributed by atoms with Crippen LogP contribution >= 0.6 is 11.8 Å². The minimum atomic E-state index is -0.402. The van der Waals surface area contributed by atoms with Crippen molar-refractivity contribution in [2.24, 2.45) is 0 Å². The van der Waals surface area contributed by atoms with E-state index in [4.69, 9.17) is 0 Å². The number of amides is 1. The first-order valence-corrected chi connectivity index (χ1v) is 8.14. The maximum atomic E-state index is 13.6. The summed E-state index contributed by atoms with van der Waals surface area (Å²) < 4.78 is 13.8. The molecule has 0 radical (unpaired) electrons. The van der Waals surface area contributed by atoms with Crippen LogP contribution in [0.25, 0.3) is 0 Å². The third kappa shape index (κ3) is 3.08. The Morgan fingerprint density at radius 3 is 2.70 bits per heavy atom. The van der Waals surface area contributed by atoms with E-state index >= 15 is 0 Å². The van der Waals surface area contributed by atoms with E-state index in [1.165, 1.54) is 18.9 Å². The quantitative estimate of drug-likeness (QED) is 0.876. The van der Waals surface area contributed by atoms with Crippen LogP contribution in [-0.4, -0.2) is 30.5 Å². The van der Waals surface area contributed by atoms with Gasteiger partial charge < -0.3 is 10.6 Å². The third-order valence-electron chi connectivity index (χ3n) is 4.03. The molecule has 0 saturated heterocycles. The molecule has 2 N–H and O–H groups in total. The van der Waals surface area contributed by atoms with E-state index in [-0.39, 0.29) is 16.3 Å². The van der Waals surface area contributed by atoms with Gasteiger partial charge in [0.25, 0.3) is 5.91 Å². The van der Waals surface area contributed by atoms with Gasteiger partial charge in [-0.3, -0.25) is 4.79 Å². The van der Waals surface area contributed by atoms with Crippen LogP contribution in [-0.2, 0) is 0 Å². The van der Waals surface area contributed by atoms with Crippen molar-refractivity contribution < 1.29 is 9.18 Å². The van der Waals surface area contributed by atoms with Gasteiger partial charge in [0.05, 0.1) is 11.3 Å². The van der Waals surface area contributed by atoms with Crippen LogP contribution in [0, 0.1) is 5.82 Å². The summed E-state index contributed by atoms with van der Waals surface area (Å²) in [4.78, 5) is 12.3. The van der Waals surface area contributed by atoms with Gasteiger partial charge >= 0.3 is 0 Å². The van der Waals surface area contributed by atoms with Crippen LogP contribution in [0.3, 0.4) is 0 Å². The van der Waals surface area contributed by atoms with Crippen molar-refractivity contribution in [2.75, 3.05) is 25.2 Å². The molecule has 0 spiro atoms. The molecule has 3 nitrogen and oxygen atoms in total. The van der Waals surface area contributed by atoms with Gasteiger partial charge in [0.1, 0.15) is 5.82 Å². The van der Waals surface area contributed by atoms with Crippen LogP contribution < -0.4 is 10.6 Å². The minimum absolute atomic E-state index is 0.156. The highest BCUT2D eigenvalue weighted by Gasteiger charge is 2.33. The van der Waals surface area contributed by atoms with Crippen LogP contribution in [0.1, 0.15) is 36.0 Å². The number of thioether (sulfide) groups is 1. The molecule has 1 aliphatic rings. The van der Waals surface area contributed by atoms with Gasteiger partial charge in [-0.2, -0.15) is 11.8 Å². The average molecular weight is 296 g/mol. The van der Waals surface area contributed by atoms with Crippen LogP contribution in [0.15, 0.2) is 18.2 Å². The largest absolute Gasteiger partial charge is 0.385 e. The van der Waals surface area contributed by atoms with Gasteiger partial charge in [0.15, 0.2) is 0 Å². The Kier molecular flexibility index (Phi) is 4.91. The molecule has 20 heavy (non-hydrogen) atoms. The first kappa shape index (κ1) is 15.2. The third-order valence-corrected chi connectivity index (χ3v) is 5.45. The number of anilines is 1. The molecule has 1 amide bonds. The Bertz CT molecular complexity index is 487. The molecule has 0 aliphatic heterocycles. The lowest BCUT2D eigenvalue weighted by Gasteiger charge is -2.27. The van der Waals surface area contributed by atoms with E-state index < -0.39 is 5.82 Å².